The Morgan fingerprint density at radius 2 is 2.16 bits per heavy atom. The predicted molar refractivity (Wildman–Crippen MR) is 82.3 cm³/mol. The van der Waals surface area contributed by atoms with Gasteiger partial charge in [0.1, 0.15) is 0 Å². The number of nitrogens with zero attached hydrogens (tertiary/aromatic N) is 2. The van der Waals surface area contributed by atoms with E-state index in [9.17, 15) is 0 Å². The number of rotatable bonds is 4. The molecule has 19 heavy (non-hydrogen) atoms. The van der Waals surface area contributed by atoms with E-state index in [-0.39, 0.29) is 0 Å². The molecule has 1 atom stereocenters. The van der Waals surface area contributed by atoms with Gasteiger partial charge in [0.15, 0.2) is 0 Å². The zero-order chi connectivity index (χ0) is 13.1. The Balaban J connectivity index is 1.65. The van der Waals surface area contributed by atoms with Gasteiger partial charge in [-0.1, -0.05) is 0 Å². The van der Waals surface area contributed by atoms with Gasteiger partial charge in [-0.2, -0.15) is 0 Å². The van der Waals surface area contributed by atoms with Crippen LogP contribution in [0.1, 0.15) is 32.1 Å². The van der Waals surface area contributed by atoms with Crippen molar-refractivity contribution in [2.24, 2.45) is 0 Å². The number of aromatic nitrogens is 1. The second-order valence-corrected chi connectivity index (χ2v) is 8.29. The summed E-state index contributed by atoms with van der Waals surface area (Å²) in [5.41, 5.74) is 3.75. The molecule has 1 aromatic rings. The summed E-state index contributed by atoms with van der Waals surface area (Å²) in [4.78, 5) is 7.01. The fraction of sp³-hybridized carbons (Fsp3) is 0.667. The van der Waals surface area contributed by atoms with Crippen molar-refractivity contribution in [2.45, 2.75) is 48.6 Å². The molecule has 3 rings (SSSR count). The Morgan fingerprint density at radius 3 is 2.89 bits per heavy atom. The third-order valence-electron chi connectivity index (χ3n) is 4.34. The predicted octanol–water partition coefficient (Wildman–Crippen LogP) is 3.19. The minimum absolute atomic E-state index is 0.526. The second kappa shape index (κ2) is 6.17. The summed E-state index contributed by atoms with van der Waals surface area (Å²) in [7, 11) is 0. The molecule has 1 unspecified atom stereocenters. The zero-order valence-corrected chi connectivity index (χ0v) is 13.6. The molecule has 2 aliphatic rings. The van der Waals surface area contributed by atoms with Crippen LogP contribution < -0.4 is 10.2 Å². The molecule has 1 N–H and O–H groups in total. The summed E-state index contributed by atoms with van der Waals surface area (Å²) in [6, 6.07) is 5.05. The van der Waals surface area contributed by atoms with Gasteiger partial charge >= 0.3 is 122 Å². The van der Waals surface area contributed by atoms with Crippen LogP contribution in [0, 0.1) is 0 Å². The first-order valence-corrected chi connectivity index (χ1v) is 10.4. The number of nitrogens with one attached hydrogen (secondary N) is 1. The molecule has 1 aliphatic heterocycles. The molecule has 0 aromatic carbocycles. The Kier molecular flexibility index (Phi) is 4.32. The number of hydrogen-bond acceptors (Lipinski definition) is 3. The molecular formula is C15H23AsN3. The molecule has 1 saturated carbocycles. The number of pyridine rings is 1. The topological polar surface area (TPSA) is 28.2 Å². The van der Waals surface area contributed by atoms with Crippen molar-refractivity contribution in [3.8, 4) is 0 Å². The van der Waals surface area contributed by atoms with Crippen LogP contribution in [-0.2, 0) is 0 Å². The molecule has 0 spiro atoms. The van der Waals surface area contributed by atoms with E-state index in [4.69, 9.17) is 0 Å². The second-order valence-electron chi connectivity index (χ2n) is 5.67. The van der Waals surface area contributed by atoms with E-state index in [1.54, 1.807) is 0 Å². The summed E-state index contributed by atoms with van der Waals surface area (Å²) in [5, 5.41) is 3.60. The van der Waals surface area contributed by atoms with Gasteiger partial charge in [0.25, 0.3) is 0 Å². The van der Waals surface area contributed by atoms with Gasteiger partial charge in [-0.15, -0.1) is 0 Å². The van der Waals surface area contributed by atoms with Gasteiger partial charge in [-0.25, -0.2) is 0 Å². The Hall–Kier alpha value is -0.692. The molecule has 2 heterocycles. The van der Waals surface area contributed by atoms with Crippen LogP contribution >= 0.6 is 0 Å². The zero-order valence-electron chi connectivity index (χ0n) is 11.7. The maximum absolute atomic E-state index is 4.48. The molecule has 0 bridgehead atoms. The molecule has 1 aliphatic carbocycles. The van der Waals surface area contributed by atoms with Gasteiger partial charge < -0.3 is 0 Å². The first kappa shape index (κ1) is 13.3. The minimum atomic E-state index is 0.526. The van der Waals surface area contributed by atoms with E-state index in [0.717, 1.165) is 10.5 Å². The third kappa shape index (κ3) is 3.25. The Labute approximate surface area is 122 Å². The molecule has 1 radical (unpaired) electrons. The summed E-state index contributed by atoms with van der Waals surface area (Å²) in [6.45, 7) is 2.48. The fourth-order valence-electron chi connectivity index (χ4n) is 3.16. The van der Waals surface area contributed by atoms with Gasteiger partial charge in [0.05, 0.1) is 0 Å². The van der Waals surface area contributed by atoms with Gasteiger partial charge in [0, 0.05) is 0 Å². The van der Waals surface area contributed by atoms with Crippen molar-refractivity contribution in [2.75, 3.05) is 23.3 Å². The van der Waals surface area contributed by atoms with Crippen LogP contribution in [0.2, 0.25) is 10.4 Å². The number of anilines is 2. The Morgan fingerprint density at radius 1 is 1.32 bits per heavy atom. The van der Waals surface area contributed by atoms with Gasteiger partial charge in [0.2, 0.25) is 0 Å². The van der Waals surface area contributed by atoms with Crippen LogP contribution in [-0.4, -0.2) is 39.9 Å². The van der Waals surface area contributed by atoms with Crippen molar-refractivity contribution in [3.05, 3.63) is 18.3 Å². The van der Waals surface area contributed by atoms with Gasteiger partial charge in [-0.3, -0.25) is 0 Å². The summed E-state index contributed by atoms with van der Waals surface area (Å²) in [6.07, 6.45) is 8.67. The quantitative estimate of drug-likeness (QED) is 0.864. The van der Waals surface area contributed by atoms with E-state index < -0.39 is 0 Å². The normalized spacial score (nSPS) is 24.7. The molecular weight excluding hydrogens is 297 g/mol. The third-order valence-corrected chi connectivity index (χ3v) is 6.76. The first-order chi connectivity index (χ1) is 9.35. The van der Waals surface area contributed by atoms with Crippen molar-refractivity contribution >= 4 is 27.3 Å². The van der Waals surface area contributed by atoms with E-state index >= 15 is 0 Å². The van der Waals surface area contributed by atoms with Crippen LogP contribution in [0.15, 0.2) is 18.3 Å². The molecule has 3 nitrogen and oxygen atoms in total. The average molecular weight is 320 g/mol. The Bertz CT molecular complexity index is 418. The summed E-state index contributed by atoms with van der Waals surface area (Å²) < 4.78 is 0.968. The average Bonchev–Trinajstić information content (AvgIpc) is 3.09. The van der Waals surface area contributed by atoms with Crippen molar-refractivity contribution in [1.29, 1.82) is 0 Å². The van der Waals surface area contributed by atoms with Crippen molar-refractivity contribution in [1.82, 2.24) is 4.98 Å². The monoisotopic (exact) mass is 320 g/mol. The molecule has 2 fully saturated rings. The molecule has 4 heteroatoms. The maximum atomic E-state index is 4.48. The number of hydrogen-bond donors (Lipinski definition) is 1. The van der Waals surface area contributed by atoms with Crippen LogP contribution in [0.3, 0.4) is 0 Å². The van der Waals surface area contributed by atoms with E-state index in [2.05, 4.69) is 33.0 Å². The SMILES string of the molecule is C[As]C1CCN(c2ccnc(NC3CCCC3)c2)C1. The molecule has 1 aromatic heterocycles. The van der Waals surface area contributed by atoms with E-state index in [1.807, 2.05) is 6.20 Å². The summed E-state index contributed by atoms with van der Waals surface area (Å²) >= 11 is 0.526. The standard InChI is InChI=1S/C15H23AsN3/c1-16-12-7-9-19(11-12)14-6-8-17-15(10-14)18-13-4-2-3-5-13/h6,8,10,12-13H,2-5,7,9,11H2,1H3,(H,17,18). The van der Waals surface area contributed by atoms with Crippen LogP contribution in [0.5, 0.6) is 0 Å². The summed E-state index contributed by atoms with van der Waals surface area (Å²) in [5.74, 6) is 1.07. The van der Waals surface area contributed by atoms with E-state index in [1.165, 1.54) is 50.9 Å². The molecule has 103 valence electrons. The first-order valence-electron chi connectivity index (χ1n) is 7.41. The van der Waals surface area contributed by atoms with Crippen LogP contribution in [0.25, 0.3) is 0 Å². The van der Waals surface area contributed by atoms with Gasteiger partial charge in [-0.05, 0) is 0 Å². The molecule has 1 saturated heterocycles. The van der Waals surface area contributed by atoms with Crippen molar-refractivity contribution in [3.63, 3.8) is 0 Å². The molecule has 0 amide bonds. The van der Waals surface area contributed by atoms with E-state index in [0.29, 0.717) is 21.8 Å². The fourth-order valence-corrected chi connectivity index (χ4v) is 4.70. The van der Waals surface area contributed by atoms with Crippen molar-refractivity contribution < 1.29 is 0 Å². The van der Waals surface area contributed by atoms with Crippen LogP contribution in [0.4, 0.5) is 11.5 Å².